The summed E-state index contributed by atoms with van der Waals surface area (Å²) in [5.41, 5.74) is 3.92. The molecule has 1 heterocycles. The molecule has 0 saturated carbocycles. The van der Waals surface area contributed by atoms with Crippen LogP contribution >= 0.6 is 12.6 Å². The van der Waals surface area contributed by atoms with E-state index >= 15 is 0 Å². The summed E-state index contributed by atoms with van der Waals surface area (Å²) < 4.78 is 11.8. The number of carboxylic acids is 1. The molecular formula is C27H25N3O4S. The molecule has 0 unspecified atom stereocenters. The first-order valence-electron chi connectivity index (χ1n) is 11.1. The van der Waals surface area contributed by atoms with Crippen LogP contribution in [0.5, 0.6) is 11.5 Å². The van der Waals surface area contributed by atoms with Crippen molar-refractivity contribution in [1.29, 1.82) is 0 Å². The third kappa shape index (κ3) is 6.30. The van der Waals surface area contributed by atoms with E-state index in [1.54, 1.807) is 35.1 Å². The molecule has 1 aromatic heterocycles. The van der Waals surface area contributed by atoms with Gasteiger partial charge in [-0.1, -0.05) is 43.0 Å². The van der Waals surface area contributed by atoms with E-state index in [1.807, 2.05) is 48.5 Å². The van der Waals surface area contributed by atoms with Gasteiger partial charge in [0.2, 0.25) is 0 Å². The SMILES string of the molecule is C=C/C=C(\S)c1ccc(OCCCOc2ccc(CC(=O)O)cc2)c(-n2nc3ccccc3n2)c1. The van der Waals surface area contributed by atoms with Crippen molar-refractivity contribution in [2.75, 3.05) is 13.2 Å². The highest BCUT2D eigenvalue weighted by Crippen LogP contribution is 2.29. The normalized spacial score (nSPS) is 11.4. The maximum Gasteiger partial charge on any atom is 0.307 e. The van der Waals surface area contributed by atoms with E-state index in [2.05, 4.69) is 29.4 Å². The highest BCUT2D eigenvalue weighted by molar-refractivity contribution is 7.90. The molecule has 0 aliphatic rings. The Hall–Kier alpha value is -4.04. The number of hydrogen-bond acceptors (Lipinski definition) is 6. The lowest BCUT2D eigenvalue weighted by Crippen LogP contribution is -2.08. The molecule has 0 spiro atoms. The van der Waals surface area contributed by atoms with Gasteiger partial charge in [-0.15, -0.1) is 27.6 Å². The maximum absolute atomic E-state index is 10.8. The van der Waals surface area contributed by atoms with Gasteiger partial charge < -0.3 is 14.6 Å². The van der Waals surface area contributed by atoms with Crippen molar-refractivity contribution < 1.29 is 19.4 Å². The van der Waals surface area contributed by atoms with Crippen molar-refractivity contribution in [3.05, 3.63) is 96.6 Å². The monoisotopic (exact) mass is 487 g/mol. The summed E-state index contributed by atoms with van der Waals surface area (Å²) in [6.07, 6.45) is 4.16. The summed E-state index contributed by atoms with van der Waals surface area (Å²) in [5.74, 6) is 0.475. The summed E-state index contributed by atoms with van der Waals surface area (Å²) in [6, 6.07) is 20.5. The smallest absolute Gasteiger partial charge is 0.307 e. The quantitative estimate of drug-likeness (QED) is 0.168. The molecule has 0 atom stereocenters. The fraction of sp³-hybridized carbons (Fsp3) is 0.148. The Kier molecular flexibility index (Phi) is 7.84. The van der Waals surface area contributed by atoms with E-state index in [-0.39, 0.29) is 6.42 Å². The number of carboxylic acid groups (broad SMARTS) is 1. The molecule has 0 radical (unpaired) electrons. The maximum atomic E-state index is 10.8. The number of hydrogen-bond donors (Lipinski definition) is 2. The molecule has 4 aromatic rings. The first-order chi connectivity index (χ1) is 17.0. The van der Waals surface area contributed by atoms with E-state index in [0.717, 1.165) is 27.1 Å². The van der Waals surface area contributed by atoms with Crippen molar-refractivity contribution >= 4 is 34.5 Å². The lowest BCUT2D eigenvalue weighted by Gasteiger charge is -2.13. The van der Waals surface area contributed by atoms with Crippen LogP contribution < -0.4 is 9.47 Å². The van der Waals surface area contributed by atoms with E-state index in [1.165, 1.54) is 0 Å². The molecule has 7 nitrogen and oxygen atoms in total. The Labute approximate surface area is 208 Å². The molecule has 3 aromatic carbocycles. The van der Waals surface area contributed by atoms with Crippen molar-refractivity contribution in [2.45, 2.75) is 12.8 Å². The summed E-state index contributed by atoms with van der Waals surface area (Å²) >= 11 is 4.55. The number of carbonyl (C=O) groups is 1. The minimum atomic E-state index is -0.857. The second-order valence-electron chi connectivity index (χ2n) is 7.71. The lowest BCUT2D eigenvalue weighted by molar-refractivity contribution is -0.136. The second-order valence-corrected chi connectivity index (χ2v) is 8.20. The van der Waals surface area contributed by atoms with Gasteiger partial charge in [-0.05, 0) is 53.6 Å². The van der Waals surface area contributed by atoms with Gasteiger partial charge in [0.25, 0.3) is 0 Å². The molecule has 35 heavy (non-hydrogen) atoms. The third-order valence-corrected chi connectivity index (χ3v) is 5.53. The van der Waals surface area contributed by atoms with Crippen LogP contribution in [0.1, 0.15) is 17.5 Å². The predicted molar refractivity (Wildman–Crippen MR) is 139 cm³/mol. The van der Waals surface area contributed by atoms with Gasteiger partial charge in [0, 0.05) is 11.3 Å². The number of ether oxygens (including phenoxy) is 2. The van der Waals surface area contributed by atoms with Crippen molar-refractivity contribution in [2.24, 2.45) is 0 Å². The molecule has 0 fully saturated rings. The minimum absolute atomic E-state index is 0.00595. The number of benzene rings is 3. The van der Waals surface area contributed by atoms with Crippen LogP contribution in [-0.2, 0) is 11.2 Å². The average Bonchev–Trinajstić information content (AvgIpc) is 3.29. The minimum Gasteiger partial charge on any atom is -0.493 e. The van der Waals surface area contributed by atoms with Crippen LogP contribution in [0.3, 0.4) is 0 Å². The van der Waals surface area contributed by atoms with E-state index < -0.39 is 5.97 Å². The van der Waals surface area contributed by atoms with Crippen LogP contribution in [-0.4, -0.2) is 39.3 Å². The molecular weight excluding hydrogens is 462 g/mol. The van der Waals surface area contributed by atoms with Gasteiger partial charge in [-0.2, -0.15) is 0 Å². The highest BCUT2D eigenvalue weighted by Gasteiger charge is 2.13. The van der Waals surface area contributed by atoms with Crippen molar-refractivity contribution in [3.63, 3.8) is 0 Å². The fourth-order valence-corrected chi connectivity index (χ4v) is 3.68. The zero-order valence-electron chi connectivity index (χ0n) is 19.0. The number of rotatable bonds is 11. The number of aromatic nitrogens is 3. The summed E-state index contributed by atoms with van der Waals surface area (Å²) in [7, 11) is 0. The van der Waals surface area contributed by atoms with Crippen LogP contribution in [0.4, 0.5) is 0 Å². The zero-order valence-corrected chi connectivity index (χ0v) is 19.9. The fourth-order valence-electron chi connectivity index (χ4n) is 3.44. The van der Waals surface area contributed by atoms with Gasteiger partial charge >= 0.3 is 5.97 Å². The second kappa shape index (κ2) is 11.4. The molecule has 0 bridgehead atoms. The Morgan fingerprint density at radius 3 is 2.34 bits per heavy atom. The molecule has 8 heteroatoms. The van der Waals surface area contributed by atoms with E-state index in [4.69, 9.17) is 14.6 Å². The highest BCUT2D eigenvalue weighted by atomic mass is 32.1. The first kappa shape index (κ1) is 24.1. The summed E-state index contributed by atoms with van der Waals surface area (Å²) in [6.45, 7) is 4.62. The Morgan fingerprint density at radius 2 is 1.69 bits per heavy atom. The van der Waals surface area contributed by atoms with Crippen molar-refractivity contribution in [1.82, 2.24) is 15.0 Å². The molecule has 0 aliphatic heterocycles. The Morgan fingerprint density at radius 1 is 1.00 bits per heavy atom. The summed E-state index contributed by atoms with van der Waals surface area (Å²) in [4.78, 5) is 13.1. The summed E-state index contributed by atoms with van der Waals surface area (Å²) in [5, 5.41) is 18.1. The molecule has 0 amide bonds. The Balaban J connectivity index is 1.43. The number of aliphatic carboxylic acids is 1. The van der Waals surface area contributed by atoms with Crippen LogP contribution in [0.25, 0.3) is 21.6 Å². The molecule has 0 saturated heterocycles. The number of nitrogens with zero attached hydrogens (tertiary/aromatic N) is 3. The molecule has 0 aliphatic carbocycles. The van der Waals surface area contributed by atoms with E-state index in [9.17, 15) is 4.79 Å². The van der Waals surface area contributed by atoms with Gasteiger partial charge in [-0.25, -0.2) is 0 Å². The van der Waals surface area contributed by atoms with Gasteiger partial charge in [0.1, 0.15) is 28.2 Å². The Bertz CT molecular complexity index is 1330. The first-order valence-corrected chi connectivity index (χ1v) is 11.5. The van der Waals surface area contributed by atoms with Crippen LogP contribution in [0, 0.1) is 0 Å². The molecule has 178 valence electrons. The van der Waals surface area contributed by atoms with Gasteiger partial charge in [-0.3, -0.25) is 4.79 Å². The lowest BCUT2D eigenvalue weighted by atomic mass is 10.1. The van der Waals surface area contributed by atoms with Crippen LogP contribution in [0.15, 0.2) is 85.5 Å². The molecule has 1 N–H and O–H groups in total. The van der Waals surface area contributed by atoms with Gasteiger partial charge in [0.15, 0.2) is 0 Å². The molecule has 4 rings (SSSR count). The predicted octanol–water partition coefficient (Wildman–Crippen LogP) is 5.35. The van der Waals surface area contributed by atoms with E-state index in [0.29, 0.717) is 36.8 Å². The number of thiol groups is 1. The van der Waals surface area contributed by atoms with Crippen LogP contribution in [0.2, 0.25) is 0 Å². The number of fused-ring (bicyclic) bond motifs is 1. The van der Waals surface area contributed by atoms with Crippen molar-refractivity contribution in [3.8, 4) is 17.2 Å². The standard InChI is InChI=1S/C27H25N3O4S/c1-2-6-26(35)20-11-14-25(24(18-20)30-28-22-7-3-4-8-23(22)29-30)34-16-5-15-33-21-12-9-19(10-13-21)17-27(31)32/h2-4,6-14,18,35H,1,5,15-17H2,(H,31,32)/b26-6-. The van der Waals surface area contributed by atoms with Gasteiger partial charge in [0.05, 0.1) is 19.6 Å². The topological polar surface area (TPSA) is 86.5 Å². The third-order valence-electron chi connectivity index (χ3n) is 5.13. The number of allylic oxidation sites excluding steroid dienone is 2. The zero-order chi connectivity index (χ0) is 24.6. The largest absolute Gasteiger partial charge is 0.493 e. The average molecular weight is 488 g/mol.